The van der Waals surface area contributed by atoms with Gasteiger partial charge in [-0.1, -0.05) is 67.4 Å². The number of nitrogens with one attached hydrogen (secondary N) is 1. The van der Waals surface area contributed by atoms with Gasteiger partial charge < -0.3 is 15.1 Å². The van der Waals surface area contributed by atoms with Crippen LogP contribution in [0.15, 0.2) is 42.5 Å². The van der Waals surface area contributed by atoms with Gasteiger partial charge in [-0.25, -0.2) is 0 Å². The average Bonchev–Trinajstić information content (AvgIpc) is 2.74. The van der Waals surface area contributed by atoms with Crippen LogP contribution in [0.25, 0.3) is 0 Å². The summed E-state index contributed by atoms with van der Waals surface area (Å²) in [5.41, 5.74) is 2.39. The fraction of sp³-hybridized carbons (Fsp3) is 0.375. The number of hydrogen-bond donors (Lipinski definition) is 1. The van der Waals surface area contributed by atoms with E-state index in [-0.39, 0.29) is 24.3 Å². The Hall–Kier alpha value is -2.57. The van der Waals surface area contributed by atoms with Crippen molar-refractivity contribution in [3.05, 3.63) is 63.6 Å². The summed E-state index contributed by atoms with van der Waals surface area (Å²) in [6.07, 6.45) is 0.780. The Morgan fingerprint density at radius 3 is 2.31 bits per heavy atom. The summed E-state index contributed by atoms with van der Waals surface area (Å²) < 4.78 is 0. The Balaban J connectivity index is 1.75. The molecule has 1 aliphatic heterocycles. The number of benzene rings is 2. The minimum Gasteiger partial charge on any atom is -0.335 e. The molecule has 0 fully saturated rings. The Bertz CT molecular complexity index is 1010. The summed E-state index contributed by atoms with van der Waals surface area (Å²) >= 11 is 12.2. The van der Waals surface area contributed by atoms with Gasteiger partial charge in [0.2, 0.25) is 17.7 Å². The van der Waals surface area contributed by atoms with Gasteiger partial charge in [0.05, 0.1) is 22.3 Å². The topological polar surface area (TPSA) is 69.7 Å². The molecule has 0 radical (unpaired) electrons. The number of fused-ring (bicyclic) bond motifs is 1. The summed E-state index contributed by atoms with van der Waals surface area (Å²) in [5.74, 6) is -0.586. The number of carbonyl (C=O) groups excluding carboxylic acids is 3. The van der Waals surface area contributed by atoms with E-state index in [1.54, 1.807) is 30.1 Å². The molecule has 1 atom stereocenters. The van der Waals surface area contributed by atoms with Crippen LogP contribution in [0, 0.1) is 5.92 Å². The van der Waals surface area contributed by atoms with Crippen LogP contribution in [0.4, 0.5) is 5.69 Å². The fourth-order valence-electron chi connectivity index (χ4n) is 3.82. The lowest BCUT2D eigenvalue weighted by atomic mass is 9.92. The molecular weight excluding hydrogens is 449 g/mol. The molecule has 32 heavy (non-hydrogen) atoms. The minimum atomic E-state index is -0.655. The zero-order chi connectivity index (χ0) is 23.4. The van der Waals surface area contributed by atoms with Gasteiger partial charge in [-0.2, -0.15) is 0 Å². The van der Waals surface area contributed by atoms with Crippen molar-refractivity contribution in [3.8, 4) is 0 Å². The van der Waals surface area contributed by atoms with E-state index in [0.717, 1.165) is 11.1 Å². The summed E-state index contributed by atoms with van der Waals surface area (Å²) in [4.78, 5) is 41.8. The molecule has 8 heteroatoms. The molecule has 1 heterocycles. The van der Waals surface area contributed by atoms with E-state index in [0.29, 0.717) is 35.1 Å². The average molecular weight is 476 g/mol. The first-order valence-electron chi connectivity index (χ1n) is 10.5. The SMILES string of the molecule is CC(C)CC(=O)N1Cc2ccccc2CC1C(=O)N(C)CC(=O)Nc1c(Cl)cccc1Cl. The molecule has 1 N–H and O–H groups in total. The van der Waals surface area contributed by atoms with E-state index in [1.807, 2.05) is 38.1 Å². The number of rotatable bonds is 6. The second-order valence-electron chi connectivity index (χ2n) is 8.45. The van der Waals surface area contributed by atoms with E-state index < -0.39 is 11.9 Å². The van der Waals surface area contributed by atoms with Gasteiger partial charge in [0.15, 0.2) is 0 Å². The van der Waals surface area contributed by atoms with Crippen LogP contribution in [-0.4, -0.2) is 47.2 Å². The lowest BCUT2D eigenvalue weighted by Crippen LogP contribution is -2.54. The summed E-state index contributed by atoms with van der Waals surface area (Å²) in [6, 6.07) is 12.1. The highest BCUT2D eigenvalue weighted by molar-refractivity contribution is 6.39. The largest absolute Gasteiger partial charge is 0.335 e. The zero-order valence-corrected chi connectivity index (χ0v) is 19.9. The van der Waals surface area contributed by atoms with E-state index in [1.165, 1.54) is 4.90 Å². The molecule has 6 nitrogen and oxygen atoms in total. The van der Waals surface area contributed by atoms with Crippen molar-refractivity contribution in [2.24, 2.45) is 5.92 Å². The number of hydrogen-bond acceptors (Lipinski definition) is 3. The van der Waals surface area contributed by atoms with Gasteiger partial charge in [-0.05, 0) is 29.2 Å². The second kappa shape index (κ2) is 10.4. The highest BCUT2D eigenvalue weighted by Gasteiger charge is 2.36. The molecule has 2 aromatic rings. The number of halogens is 2. The van der Waals surface area contributed by atoms with Gasteiger partial charge in [-0.15, -0.1) is 0 Å². The molecule has 2 aromatic carbocycles. The fourth-order valence-corrected chi connectivity index (χ4v) is 4.31. The van der Waals surface area contributed by atoms with Crippen LogP contribution in [0.2, 0.25) is 10.0 Å². The van der Waals surface area contributed by atoms with Crippen LogP contribution in [-0.2, 0) is 27.3 Å². The molecule has 0 aliphatic carbocycles. The maximum atomic E-state index is 13.3. The monoisotopic (exact) mass is 475 g/mol. The van der Waals surface area contributed by atoms with Gasteiger partial charge in [0.25, 0.3) is 0 Å². The summed E-state index contributed by atoms with van der Waals surface area (Å²) in [5, 5.41) is 3.29. The van der Waals surface area contributed by atoms with E-state index >= 15 is 0 Å². The first-order valence-corrected chi connectivity index (χ1v) is 11.3. The van der Waals surface area contributed by atoms with Crippen molar-refractivity contribution in [1.29, 1.82) is 0 Å². The predicted octanol–water partition coefficient (Wildman–Crippen LogP) is 4.39. The van der Waals surface area contributed by atoms with Crippen LogP contribution >= 0.6 is 23.2 Å². The maximum absolute atomic E-state index is 13.3. The molecule has 3 amide bonds. The third-order valence-electron chi connectivity index (χ3n) is 5.42. The summed E-state index contributed by atoms with van der Waals surface area (Å²) in [6.45, 7) is 4.14. The van der Waals surface area contributed by atoms with Gasteiger partial charge >= 0.3 is 0 Å². The number of likely N-dealkylation sites (N-methyl/N-ethyl adjacent to an activating group) is 1. The quantitative estimate of drug-likeness (QED) is 0.673. The predicted molar refractivity (Wildman–Crippen MR) is 127 cm³/mol. The maximum Gasteiger partial charge on any atom is 0.245 e. The molecular formula is C24H27Cl2N3O3. The normalized spacial score (nSPS) is 15.3. The third kappa shape index (κ3) is 5.61. The Kier molecular flexibility index (Phi) is 7.80. The highest BCUT2D eigenvalue weighted by Crippen LogP contribution is 2.30. The van der Waals surface area contributed by atoms with Crippen molar-refractivity contribution >= 4 is 46.6 Å². The van der Waals surface area contributed by atoms with Crippen LogP contribution in [0.1, 0.15) is 31.4 Å². The number of nitrogens with zero attached hydrogens (tertiary/aromatic N) is 2. The molecule has 170 valence electrons. The van der Waals surface area contributed by atoms with E-state index in [9.17, 15) is 14.4 Å². The van der Waals surface area contributed by atoms with Crippen LogP contribution in [0.3, 0.4) is 0 Å². The molecule has 0 saturated heterocycles. The molecule has 0 saturated carbocycles. The van der Waals surface area contributed by atoms with Crippen LogP contribution in [0.5, 0.6) is 0 Å². The molecule has 1 unspecified atom stereocenters. The lowest BCUT2D eigenvalue weighted by molar-refractivity contribution is -0.147. The smallest absolute Gasteiger partial charge is 0.245 e. The lowest BCUT2D eigenvalue weighted by Gasteiger charge is -2.38. The van der Waals surface area contributed by atoms with Gasteiger partial charge in [0.1, 0.15) is 6.04 Å². The Morgan fingerprint density at radius 2 is 1.69 bits per heavy atom. The number of anilines is 1. The van der Waals surface area contributed by atoms with Crippen molar-refractivity contribution in [3.63, 3.8) is 0 Å². The van der Waals surface area contributed by atoms with Crippen molar-refractivity contribution in [1.82, 2.24) is 9.80 Å². The standard InChI is InChI=1S/C24H27Cl2N3O3/c1-15(2)11-22(31)29-13-17-8-5-4-7-16(17)12-20(29)24(32)28(3)14-21(30)27-23-18(25)9-6-10-19(23)26/h4-10,15,20H,11-14H2,1-3H3,(H,27,30). The van der Waals surface area contributed by atoms with Gasteiger partial charge in [-0.3, -0.25) is 14.4 Å². The first kappa shape index (κ1) is 24.1. The molecule has 3 rings (SSSR count). The van der Waals surface area contributed by atoms with Crippen LogP contribution < -0.4 is 5.32 Å². The number of carbonyl (C=O) groups is 3. The molecule has 1 aliphatic rings. The number of para-hydroxylation sites is 1. The number of amides is 3. The molecule has 0 bridgehead atoms. The zero-order valence-electron chi connectivity index (χ0n) is 18.4. The second-order valence-corrected chi connectivity index (χ2v) is 9.26. The minimum absolute atomic E-state index is 0.0615. The third-order valence-corrected chi connectivity index (χ3v) is 6.05. The van der Waals surface area contributed by atoms with E-state index in [2.05, 4.69) is 5.32 Å². The van der Waals surface area contributed by atoms with E-state index in [4.69, 9.17) is 23.2 Å². The Labute approximate surface area is 198 Å². The molecule has 0 spiro atoms. The van der Waals surface area contributed by atoms with Crippen molar-refractivity contribution in [2.75, 3.05) is 18.9 Å². The molecule has 0 aromatic heterocycles. The first-order chi connectivity index (χ1) is 15.2. The Morgan fingerprint density at radius 1 is 1.06 bits per heavy atom. The highest BCUT2D eigenvalue weighted by atomic mass is 35.5. The van der Waals surface area contributed by atoms with Crippen molar-refractivity contribution < 1.29 is 14.4 Å². The van der Waals surface area contributed by atoms with Crippen molar-refractivity contribution in [2.45, 2.75) is 39.3 Å². The van der Waals surface area contributed by atoms with Gasteiger partial charge in [0, 0.05) is 26.4 Å². The summed E-state index contributed by atoms with van der Waals surface area (Å²) in [7, 11) is 1.56.